The molecule has 1 atom stereocenters. The molecule has 13 heavy (non-hydrogen) atoms. The van der Waals surface area contributed by atoms with Gasteiger partial charge >= 0.3 is 0 Å². The van der Waals surface area contributed by atoms with E-state index in [2.05, 4.69) is 6.58 Å². The molecule has 0 saturated heterocycles. The minimum atomic E-state index is -0.686. The SMILES string of the molecule is C=C[C@@H](N)c1cc(F)cc(CF)c1. The average molecular weight is 183 g/mol. The predicted octanol–water partition coefficient (Wildman–Crippen LogP) is 2.48. The zero-order valence-corrected chi connectivity index (χ0v) is 7.13. The molecule has 0 aliphatic heterocycles. The molecule has 0 radical (unpaired) electrons. The fourth-order valence-electron chi connectivity index (χ4n) is 1.08. The van der Waals surface area contributed by atoms with E-state index in [1.165, 1.54) is 18.2 Å². The van der Waals surface area contributed by atoms with Gasteiger partial charge in [0.2, 0.25) is 0 Å². The Labute approximate surface area is 75.9 Å². The summed E-state index contributed by atoms with van der Waals surface area (Å²) in [7, 11) is 0. The van der Waals surface area contributed by atoms with Gasteiger partial charge in [0.05, 0.1) is 0 Å². The predicted molar refractivity (Wildman–Crippen MR) is 48.3 cm³/mol. The van der Waals surface area contributed by atoms with Crippen molar-refractivity contribution in [1.29, 1.82) is 0 Å². The first kappa shape index (κ1) is 9.86. The molecule has 0 aliphatic rings. The molecule has 0 spiro atoms. The Morgan fingerprint density at radius 1 is 1.46 bits per heavy atom. The molecule has 2 N–H and O–H groups in total. The monoisotopic (exact) mass is 183 g/mol. The molecular weight excluding hydrogens is 172 g/mol. The van der Waals surface area contributed by atoms with Crippen LogP contribution in [0.2, 0.25) is 0 Å². The van der Waals surface area contributed by atoms with Crippen LogP contribution in [0.15, 0.2) is 30.9 Å². The Bertz CT molecular complexity index is 310. The molecule has 0 saturated carbocycles. The second-order valence-corrected chi connectivity index (χ2v) is 2.79. The van der Waals surface area contributed by atoms with Gasteiger partial charge in [-0.25, -0.2) is 8.78 Å². The number of nitrogens with two attached hydrogens (primary N) is 1. The minimum Gasteiger partial charge on any atom is -0.321 e. The molecule has 0 fully saturated rings. The molecule has 0 heterocycles. The zero-order chi connectivity index (χ0) is 9.84. The van der Waals surface area contributed by atoms with Gasteiger partial charge in [-0.05, 0) is 23.3 Å². The molecule has 1 rings (SSSR count). The van der Waals surface area contributed by atoms with Crippen LogP contribution in [0.4, 0.5) is 8.78 Å². The van der Waals surface area contributed by atoms with E-state index in [0.717, 1.165) is 6.07 Å². The summed E-state index contributed by atoms with van der Waals surface area (Å²) >= 11 is 0. The van der Waals surface area contributed by atoms with Crippen molar-refractivity contribution < 1.29 is 8.78 Å². The number of halogens is 2. The van der Waals surface area contributed by atoms with Gasteiger partial charge in [0, 0.05) is 6.04 Å². The summed E-state index contributed by atoms with van der Waals surface area (Å²) in [5.41, 5.74) is 6.42. The quantitative estimate of drug-likeness (QED) is 0.716. The third-order valence-electron chi connectivity index (χ3n) is 1.77. The van der Waals surface area contributed by atoms with Crippen LogP contribution in [0.1, 0.15) is 17.2 Å². The summed E-state index contributed by atoms with van der Waals surface area (Å²) in [6.07, 6.45) is 1.48. The standard InChI is InChI=1S/C10H11F2N/c1-2-10(13)8-3-7(6-11)4-9(12)5-8/h2-5,10H,1,6,13H2/t10-/m1/s1. The second-order valence-electron chi connectivity index (χ2n) is 2.79. The highest BCUT2D eigenvalue weighted by atomic mass is 19.1. The minimum absolute atomic E-state index is 0.298. The van der Waals surface area contributed by atoms with Gasteiger partial charge in [-0.2, -0.15) is 0 Å². The van der Waals surface area contributed by atoms with Crippen LogP contribution in [0.25, 0.3) is 0 Å². The van der Waals surface area contributed by atoms with Crippen molar-refractivity contribution in [3.63, 3.8) is 0 Å². The molecule has 1 aromatic carbocycles. The third kappa shape index (κ3) is 2.36. The van der Waals surface area contributed by atoms with Crippen LogP contribution in [0.3, 0.4) is 0 Å². The van der Waals surface area contributed by atoms with Crippen LogP contribution < -0.4 is 5.73 Å². The van der Waals surface area contributed by atoms with Gasteiger partial charge in [-0.1, -0.05) is 12.1 Å². The molecule has 70 valence electrons. The molecule has 0 amide bonds. The normalized spacial score (nSPS) is 12.5. The number of hydrogen-bond acceptors (Lipinski definition) is 1. The van der Waals surface area contributed by atoms with E-state index >= 15 is 0 Å². The fraction of sp³-hybridized carbons (Fsp3) is 0.200. The molecule has 0 aliphatic carbocycles. The van der Waals surface area contributed by atoms with Crippen LogP contribution in [-0.2, 0) is 6.67 Å². The van der Waals surface area contributed by atoms with Crippen LogP contribution in [0.5, 0.6) is 0 Å². The zero-order valence-electron chi connectivity index (χ0n) is 7.13. The van der Waals surface area contributed by atoms with Crippen LogP contribution >= 0.6 is 0 Å². The molecule has 0 unspecified atom stereocenters. The maximum atomic E-state index is 12.9. The Morgan fingerprint density at radius 2 is 2.15 bits per heavy atom. The van der Waals surface area contributed by atoms with Gasteiger partial charge in [-0.3, -0.25) is 0 Å². The van der Waals surface area contributed by atoms with Crippen molar-refractivity contribution >= 4 is 0 Å². The van der Waals surface area contributed by atoms with Crippen molar-refractivity contribution in [2.24, 2.45) is 5.73 Å². The van der Waals surface area contributed by atoms with Gasteiger partial charge in [-0.15, -0.1) is 6.58 Å². The van der Waals surface area contributed by atoms with Crippen molar-refractivity contribution in [3.8, 4) is 0 Å². The Morgan fingerprint density at radius 3 is 2.69 bits per heavy atom. The van der Waals surface area contributed by atoms with Crippen molar-refractivity contribution in [1.82, 2.24) is 0 Å². The van der Waals surface area contributed by atoms with Gasteiger partial charge in [0.1, 0.15) is 12.5 Å². The van der Waals surface area contributed by atoms with E-state index in [1.807, 2.05) is 0 Å². The molecule has 1 nitrogen and oxygen atoms in total. The van der Waals surface area contributed by atoms with E-state index in [9.17, 15) is 8.78 Å². The molecular formula is C10H11F2N. The van der Waals surface area contributed by atoms with Crippen molar-refractivity contribution in [3.05, 3.63) is 47.8 Å². The highest BCUT2D eigenvalue weighted by Gasteiger charge is 2.05. The van der Waals surface area contributed by atoms with Crippen molar-refractivity contribution in [2.75, 3.05) is 0 Å². The first-order valence-electron chi connectivity index (χ1n) is 3.91. The highest BCUT2D eigenvalue weighted by Crippen LogP contribution is 2.16. The average Bonchev–Trinajstić information content (AvgIpc) is 2.15. The number of alkyl halides is 1. The summed E-state index contributed by atoms with van der Waals surface area (Å²) in [5, 5.41) is 0. The molecule has 0 aromatic heterocycles. The summed E-state index contributed by atoms with van der Waals surface area (Å²) in [4.78, 5) is 0. The van der Waals surface area contributed by atoms with E-state index in [0.29, 0.717) is 11.1 Å². The first-order chi connectivity index (χ1) is 6.17. The van der Waals surface area contributed by atoms with E-state index in [-0.39, 0.29) is 0 Å². The third-order valence-corrected chi connectivity index (χ3v) is 1.77. The summed E-state index contributed by atoms with van der Waals surface area (Å²) < 4.78 is 25.1. The Hall–Kier alpha value is -1.22. The lowest BCUT2D eigenvalue weighted by Crippen LogP contribution is -2.07. The van der Waals surface area contributed by atoms with Crippen LogP contribution in [0, 0.1) is 5.82 Å². The summed E-state index contributed by atoms with van der Waals surface area (Å²) in [6.45, 7) is 2.80. The number of rotatable bonds is 3. The summed E-state index contributed by atoms with van der Waals surface area (Å²) in [6, 6.07) is 3.53. The molecule has 0 bridgehead atoms. The summed E-state index contributed by atoms with van der Waals surface area (Å²) in [5.74, 6) is -0.470. The van der Waals surface area contributed by atoms with Crippen molar-refractivity contribution in [2.45, 2.75) is 12.7 Å². The molecule has 3 heteroatoms. The van der Waals surface area contributed by atoms with E-state index < -0.39 is 18.5 Å². The van der Waals surface area contributed by atoms with Gasteiger partial charge < -0.3 is 5.73 Å². The number of hydrogen-bond donors (Lipinski definition) is 1. The topological polar surface area (TPSA) is 26.0 Å². The molecule has 1 aromatic rings. The van der Waals surface area contributed by atoms with Gasteiger partial charge in [0.15, 0.2) is 0 Å². The smallest absolute Gasteiger partial charge is 0.123 e. The lowest BCUT2D eigenvalue weighted by Gasteiger charge is -2.07. The largest absolute Gasteiger partial charge is 0.321 e. The lowest BCUT2D eigenvalue weighted by atomic mass is 10.0. The maximum absolute atomic E-state index is 12.9. The van der Waals surface area contributed by atoms with Crippen LogP contribution in [-0.4, -0.2) is 0 Å². The van der Waals surface area contributed by atoms with Gasteiger partial charge in [0.25, 0.3) is 0 Å². The van der Waals surface area contributed by atoms with E-state index in [1.54, 1.807) is 0 Å². The fourth-order valence-corrected chi connectivity index (χ4v) is 1.08. The lowest BCUT2D eigenvalue weighted by molar-refractivity contribution is 0.481. The second kappa shape index (κ2) is 4.14. The first-order valence-corrected chi connectivity index (χ1v) is 3.91. The highest BCUT2D eigenvalue weighted by molar-refractivity contribution is 5.28. The van der Waals surface area contributed by atoms with E-state index in [4.69, 9.17) is 5.73 Å². The number of benzene rings is 1. The maximum Gasteiger partial charge on any atom is 0.123 e. The Kier molecular flexibility index (Phi) is 3.14. The Balaban J connectivity index is 3.07.